The minimum absolute atomic E-state index is 0.221. The highest BCUT2D eigenvalue weighted by atomic mass is 16.5. The maximum Gasteiger partial charge on any atom is 0.409 e. The van der Waals surface area contributed by atoms with Gasteiger partial charge in [-0.1, -0.05) is 18.2 Å². The molecule has 0 radical (unpaired) electrons. The molecule has 1 aromatic carbocycles. The van der Waals surface area contributed by atoms with E-state index in [0.29, 0.717) is 0 Å². The highest BCUT2D eigenvalue weighted by Crippen LogP contribution is 2.30. The van der Waals surface area contributed by atoms with Gasteiger partial charge in [0, 0.05) is 29.7 Å². The van der Waals surface area contributed by atoms with E-state index in [0.717, 1.165) is 19.3 Å². The number of aryl methyl sites for hydroxylation is 1. The largest absolute Gasteiger partial charge is 0.453 e. The summed E-state index contributed by atoms with van der Waals surface area (Å²) in [5.74, 6) is 0. The van der Waals surface area contributed by atoms with E-state index in [9.17, 15) is 4.79 Å². The van der Waals surface area contributed by atoms with Gasteiger partial charge in [-0.2, -0.15) is 0 Å². The molecule has 1 atom stereocenters. The summed E-state index contributed by atoms with van der Waals surface area (Å²) in [4.78, 5) is 16.8. The number of carbonyl (C=O) groups is 1. The van der Waals surface area contributed by atoms with Crippen LogP contribution in [-0.2, 0) is 17.6 Å². The van der Waals surface area contributed by atoms with Gasteiger partial charge in [-0.25, -0.2) is 4.79 Å². The highest BCUT2D eigenvalue weighted by molar-refractivity contribution is 5.85. The third-order valence-electron chi connectivity index (χ3n) is 4.08. The van der Waals surface area contributed by atoms with Gasteiger partial charge in [0.25, 0.3) is 0 Å². The number of fused-ring (bicyclic) bond motifs is 3. The second-order valence-electron chi connectivity index (χ2n) is 5.11. The Morgan fingerprint density at radius 3 is 3.00 bits per heavy atom. The number of hydrogen-bond acceptors (Lipinski definition) is 2. The van der Waals surface area contributed by atoms with Crippen LogP contribution in [0.2, 0.25) is 0 Å². The predicted molar refractivity (Wildman–Crippen MR) is 74.3 cm³/mol. The van der Waals surface area contributed by atoms with E-state index < -0.39 is 0 Å². The minimum atomic E-state index is -0.256. The zero-order valence-electron chi connectivity index (χ0n) is 11.3. The van der Waals surface area contributed by atoms with Gasteiger partial charge in [0.05, 0.1) is 7.11 Å². The summed E-state index contributed by atoms with van der Waals surface area (Å²) in [5, 5.41) is 1.28. The highest BCUT2D eigenvalue weighted by Gasteiger charge is 2.27. The molecule has 0 fully saturated rings. The molecule has 19 heavy (non-hydrogen) atoms. The van der Waals surface area contributed by atoms with Gasteiger partial charge in [0.15, 0.2) is 0 Å². The van der Waals surface area contributed by atoms with E-state index in [2.05, 4.69) is 23.2 Å². The molecule has 2 aromatic rings. The first-order valence-electron chi connectivity index (χ1n) is 6.60. The molecule has 100 valence electrons. The van der Waals surface area contributed by atoms with Crippen molar-refractivity contribution in [2.45, 2.75) is 25.3 Å². The third-order valence-corrected chi connectivity index (χ3v) is 4.08. The Labute approximate surface area is 112 Å². The van der Waals surface area contributed by atoms with Crippen LogP contribution in [0, 0.1) is 0 Å². The molecule has 1 aliphatic rings. The molecule has 1 N–H and O–H groups in total. The smallest absolute Gasteiger partial charge is 0.409 e. The van der Waals surface area contributed by atoms with Gasteiger partial charge in [0.1, 0.15) is 0 Å². The first-order valence-corrected chi connectivity index (χ1v) is 6.60. The molecular weight excluding hydrogens is 240 g/mol. The summed E-state index contributed by atoms with van der Waals surface area (Å²) in [7, 11) is 3.25. The summed E-state index contributed by atoms with van der Waals surface area (Å²) in [6, 6.07) is 8.57. The van der Waals surface area contributed by atoms with Crippen LogP contribution in [0.25, 0.3) is 10.9 Å². The van der Waals surface area contributed by atoms with Crippen LogP contribution in [0.1, 0.15) is 17.7 Å². The van der Waals surface area contributed by atoms with Crippen molar-refractivity contribution >= 4 is 17.0 Å². The number of hydrogen-bond donors (Lipinski definition) is 1. The maximum absolute atomic E-state index is 11.6. The van der Waals surface area contributed by atoms with Gasteiger partial charge in [0.2, 0.25) is 0 Å². The van der Waals surface area contributed by atoms with Crippen LogP contribution >= 0.6 is 0 Å². The number of nitrogens with one attached hydrogen (secondary N) is 1. The number of amides is 1. The van der Waals surface area contributed by atoms with Gasteiger partial charge in [-0.05, 0) is 30.9 Å². The molecule has 4 nitrogen and oxygen atoms in total. The van der Waals surface area contributed by atoms with E-state index >= 15 is 0 Å². The normalized spacial score (nSPS) is 18.1. The second kappa shape index (κ2) is 4.61. The van der Waals surface area contributed by atoms with Crippen LogP contribution in [-0.4, -0.2) is 36.2 Å². The molecular formula is C15H18N2O2. The van der Waals surface area contributed by atoms with Crippen molar-refractivity contribution in [1.82, 2.24) is 9.88 Å². The molecule has 1 amide bonds. The van der Waals surface area contributed by atoms with Crippen molar-refractivity contribution in [1.29, 1.82) is 0 Å². The van der Waals surface area contributed by atoms with Crippen molar-refractivity contribution in [3.8, 4) is 0 Å². The zero-order chi connectivity index (χ0) is 13.4. The molecule has 0 spiro atoms. The van der Waals surface area contributed by atoms with Gasteiger partial charge in [-0.15, -0.1) is 0 Å². The molecule has 0 aliphatic heterocycles. The van der Waals surface area contributed by atoms with Crippen LogP contribution < -0.4 is 0 Å². The summed E-state index contributed by atoms with van der Waals surface area (Å²) in [6.07, 6.45) is 2.60. The van der Waals surface area contributed by atoms with E-state index in [-0.39, 0.29) is 12.1 Å². The lowest BCUT2D eigenvalue weighted by Gasteiger charge is -2.30. The number of aromatic amines is 1. The molecule has 3 rings (SSSR count). The lowest BCUT2D eigenvalue weighted by molar-refractivity contribution is 0.114. The number of ether oxygens (including phenoxy) is 1. The average molecular weight is 258 g/mol. The van der Waals surface area contributed by atoms with E-state index in [1.807, 2.05) is 13.1 Å². The number of H-pyrrole nitrogens is 1. The summed E-state index contributed by atoms with van der Waals surface area (Å²) in [5.41, 5.74) is 3.85. The van der Waals surface area contributed by atoms with E-state index in [1.165, 1.54) is 29.3 Å². The number of para-hydroxylation sites is 1. The third kappa shape index (κ3) is 1.97. The molecule has 4 heteroatoms. The van der Waals surface area contributed by atoms with Gasteiger partial charge in [-0.3, -0.25) is 0 Å². The topological polar surface area (TPSA) is 45.3 Å². The summed E-state index contributed by atoms with van der Waals surface area (Å²) >= 11 is 0. The second-order valence-corrected chi connectivity index (χ2v) is 5.11. The van der Waals surface area contributed by atoms with Crippen LogP contribution in [0.5, 0.6) is 0 Å². The first-order chi connectivity index (χ1) is 9.20. The fourth-order valence-corrected chi connectivity index (χ4v) is 2.97. The number of aromatic nitrogens is 1. The molecule has 0 bridgehead atoms. The van der Waals surface area contributed by atoms with Gasteiger partial charge < -0.3 is 14.6 Å². The fraction of sp³-hybridized carbons (Fsp3) is 0.400. The molecule has 1 aliphatic carbocycles. The van der Waals surface area contributed by atoms with Crippen molar-refractivity contribution in [2.24, 2.45) is 0 Å². The van der Waals surface area contributed by atoms with Crippen LogP contribution in [0.4, 0.5) is 4.79 Å². The standard InChI is InChI=1S/C15H18N2O2/c1-17(15(18)19-2)10-7-8-14-12(9-10)11-5-3-4-6-13(11)16-14/h3-6,10,16H,7-9H2,1-2H3. The Kier molecular flexibility index (Phi) is 2.93. The molecule has 1 heterocycles. The van der Waals surface area contributed by atoms with Crippen molar-refractivity contribution < 1.29 is 9.53 Å². The number of likely N-dealkylation sites (N-methyl/N-ethyl adjacent to an activating group) is 1. The SMILES string of the molecule is COC(=O)N(C)C1CCc2[nH]c3ccccc3c2C1. The lowest BCUT2D eigenvalue weighted by Crippen LogP contribution is -2.40. The molecule has 1 aromatic heterocycles. The van der Waals surface area contributed by atoms with E-state index in [1.54, 1.807) is 4.90 Å². The number of carbonyl (C=O) groups excluding carboxylic acids is 1. The van der Waals surface area contributed by atoms with Gasteiger partial charge >= 0.3 is 6.09 Å². The summed E-state index contributed by atoms with van der Waals surface area (Å²) < 4.78 is 4.80. The Bertz CT molecular complexity index is 618. The van der Waals surface area contributed by atoms with Crippen molar-refractivity contribution in [3.05, 3.63) is 35.5 Å². The van der Waals surface area contributed by atoms with Crippen LogP contribution in [0.3, 0.4) is 0 Å². The van der Waals surface area contributed by atoms with Crippen molar-refractivity contribution in [3.63, 3.8) is 0 Å². The first kappa shape index (κ1) is 12.1. The Morgan fingerprint density at radius 2 is 2.21 bits per heavy atom. The monoisotopic (exact) mass is 258 g/mol. The van der Waals surface area contributed by atoms with Crippen LogP contribution in [0.15, 0.2) is 24.3 Å². The number of methoxy groups -OCH3 is 1. The Morgan fingerprint density at radius 1 is 1.42 bits per heavy atom. The average Bonchev–Trinajstić information content (AvgIpc) is 2.83. The summed E-state index contributed by atoms with van der Waals surface area (Å²) in [6.45, 7) is 0. The molecule has 0 saturated heterocycles. The lowest BCUT2D eigenvalue weighted by atomic mass is 9.91. The quantitative estimate of drug-likeness (QED) is 0.854. The number of benzene rings is 1. The number of nitrogens with zero attached hydrogens (tertiary/aromatic N) is 1. The number of rotatable bonds is 1. The molecule has 1 unspecified atom stereocenters. The zero-order valence-corrected chi connectivity index (χ0v) is 11.3. The fourth-order valence-electron chi connectivity index (χ4n) is 2.97. The predicted octanol–water partition coefficient (Wildman–Crippen LogP) is 2.72. The molecule has 0 saturated carbocycles. The van der Waals surface area contributed by atoms with Crippen molar-refractivity contribution in [2.75, 3.05) is 14.2 Å². The minimum Gasteiger partial charge on any atom is -0.453 e. The Hall–Kier alpha value is -1.97. The van der Waals surface area contributed by atoms with E-state index in [4.69, 9.17) is 4.74 Å². The Balaban J connectivity index is 1.92. The maximum atomic E-state index is 11.6.